The molecule has 1 saturated heterocycles. The number of unbranched alkanes of at least 4 members (excludes halogenated alkanes) is 3. The van der Waals surface area contributed by atoms with E-state index in [4.69, 9.17) is 14.6 Å². The van der Waals surface area contributed by atoms with E-state index in [1.165, 1.54) is 17.2 Å². The summed E-state index contributed by atoms with van der Waals surface area (Å²) in [6, 6.07) is 2.65. The first-order valence-corrected chi connectivity index (χ1v) is 18.0. The second-order valence-electron chi connectivity index (χ2n) is 13.5. The quantitative estimate of drug-likeness (QED) is 0.129. The second kappa shape index (κ2) is 17.5. The maximum Gasteiger partial charge on any atom is 0.416 e. The van der Waals surface area contributed by atoms with Gasteiger partial charge in [-0.2, -0.15) is 39.5 Å². The number of alkyl halides is 9. The van der Waals surface area contributed by atoms with Crippen LogP contribution in [0.1, 0.15) is 91.4 Å². The van der Waals surface area contributed by atoms with Gasteiger partial charge < -0.3 is 24.8 Å². The van der Waals surface area contributed by atoms with E-state index in [1.807, 2.05) is 0 Å². The summed E-state index contributed by atoms with van der Waals surface area (Å²) in [6.07, 6.45) is -12.3. The van der Waals surface area contributed by atoms with E-state index in [1.54, 1.807) is 11.8 Å². The normalized spacial score (nSPS) is 17.8. The van der Waals surface area contributed by atoms with Gasteiger partial charge in [0, 0.05) is 32.0 Å². The van der Waals surface area contributed by atoms with Gasteiger partial charge in [0.1, 0.15) is 0 Å². The first kappa shape index (κ1) is 42.3. The molecule has 0 aliphatic carbocycles. The van der Waals surface area contributed by atoms with Crippen molar-refractivity contribution in [3.63, 3.8) is 0 Å². The lowest BCUT2D eigenvalue weighted by molar-refractivity contribution is -0.143. The van der Waals surface area contributed by atoms with Crippen molar-refractivity contribution in [2.75, 3.05) is 48.0 Å². The van der Waals surface area contributed by atoms with E-state index in [0.29, 0.717) is 63.0 Å². The monoisotopic (exact) mass is 805 g/mol. The van der Waals surface area contributed by atoms with Gasteiger partial charge in [0.15, 0.2) is 0 Å². The molecule has 56 heavy (non-hydrogen) atoms. The first-order valence-electron chi connectivity index (χ1n) is 18.0. The van der Waals surface area contributed by atoms with Crippen molar-refractivity contribution in [2.45, 2.75) is 88.9 Å². The number of hydrogen-bond acceptors (Lipinski definition) is 8. The molecule has 3 aromatic rings. The van der Waals surface area contributed by atoms with Crippen LogP contribution in [0.15, 0.2) is 42.6 Å². The minimum absolute atomic E-state index is 0.00106. The van der Waals surface area contributed by atoms with E-state index in [2.05, 4.69) is 15.3 Å². The van der Waals surface area contributed by atoms with Crippen molar-refractivity contribution in [2.24, 2.45) is 0 Å². The largest absolute Gasteiger partial charge is 0.481 e. The summed E-state index contributed by atoms with van der Waals surface area (Å²) in [6.45, 7) is 2.99. The Bertz CT molecular complexity index is 1820. The summed E-state index contributed by atoms with van der Waals surface area (Å²) in [5.74, 6) is -1.07. The number of carbonyl (C=O) groups excluding carboxylic acids is 1. The number of amides is 1. The first-order chi connectivity index (χ1) is 26.3. The fraction of sp³-hybridized carbons (Fsp3) is 0.514. The van der Waals surface area contributed by atoms with Crippen molar-refractivity contribution >= 4 is 29.4 Å². The Morgan fingerprint density at radius 2 is 1.52 bits per heavy atom. The second-order valence-corrected chi connectivity index (χ2v) is 13.5. The number of anilines is 3. The number of ether oxygens (including phenoxy) is 2. The molecule has 19 heteroatoms. The van der Waals surface area contributed by atoms with Gasteiger partial charge in [-0.1, -0.05) is 19.8 Å². The van der Waals surface area contributed by atoms with Gasteiger partial charge in [0.25, 0.3) is 0 Å². The van der Waals surface area contributed by atoms with Crippen molar-refractivity contribution < 1.29 is 63.7 Å². The number of benzene rings is 2. The molecule has 2 aromatic carbocycles. The molecular weight excluding hydrogens is 765 g/mol. The lowest BCUT2D eigenvalue weighted by Gasteiger charge is -2.40. The number of aliphatic carboxylic acids is 1. The molecule has 1 fully saturated rings. The number of morpholine rings is 1. The Balaban J connectivity index is 1.47. The third kappa shape index (κ3) is 10.7. The predicted molar refractivity (Wildman–Crippen MR) is 185 cm³/mol. The molecule has 306 valence electrons. The molecule has 5 rings (SSSR count). The maximum atomic E-state index is 14.0. The minimum atomic E-state index is -5.08. The van der Waals surface area contributed by atoms with Crippen LogP contribution in [0.25, 0.3) is 0 Å². The van der Waals surface area contributed by atoms with E-state index >= 15 is 0 Å². The Kier molecular flexibility index (Phi) is 13.3. The molecule has 10 nitrogen and oxygen atoms in total. The standard InChI is InChI=1S/C37H40F9N5O5/c1-2-26-20-28(27-19-23(35(38,39)40)8-9-30(27)51(26)34(54)56-12-6-4-3-5-7-32(52)53)48-33-47-21-31(50-10-13-55-14-11-50)29(49-33)17-22-15-24(36(41,42)43)18-25(16-22)37(44,45)46/h8-9,15-16,18-19,21,26,28H,2-7,10-14,17,20H2,1H3,(H,52,53)(H,47,48,49)/t26-,28+/m1/s1. The van der Waals surface area contributed by atoms with Crippen molar-refractivity contribution in [1.29, 1.82) is 0 Å². The Labute approximate surface area is 316 Å². The maximum absolute atomic E-state index is 14.0. The van der Waals surface area contributed by atoms with Gasteiger partial charge in [-0.05, 0) is 73.2 Å². The van der Waals surface area contributed by atoms with E-state index in [-0.39, 0.29) is 67.2 Å². The minimum Gasteiger partial charge on any atom is -0.481 e. The molecule has 1 amide bonds. The molecule has 0 radical (unpaired) electrons. The van der Waals surface area contributed by atoms with Crippen LogP contribution in [0, 0.1) is 0 Å². The Hall–Kier alpha value is -4.81. The average molecular weight is 806 g/mol. The fourth-order valence-corrected chi connectivity index (χ4v) is 6.77. The number of nitrogens with one attached hydrogen (secondary N) is 1. The Morgan fingerprint density at radius 1 is 0.875 bits per heavy atom. The lowest BCUT2D eigenvalue weighted by Crippen LogP contribution is -2.46. The summed E-state index contributed by atoms with van der Waals surface area (Å²) >= 11 is 0. The smallest absolute Gasteiger partial charge is 0.416 e. The van der Waals surface area contributed by atoms with Crippen LogP contribution in [0.4, 0.5) is 61.6 Å². The van der Waals surface area contributed by atoms with E-state index in [9.17, 15) is 49.1 Å². The number of carboxylic acid groups (broad SMARTS) is 1. The van der Waals surface area contributed by atoms with Gasteiger partial charge in [-0.25, -0.2) is 14.8 Å². The van der Waals surface area contributed by atoms with Gasteiger partial charge in [-0.15, -0.1) is 0 Å². The zero-order valence-corrected chi connectivity index (χ0v) is 30.2. The molecule has 2 aliphatic heterocycles. The zero-order chi connectivity index (χ0) is 40.8. The average Bonchev–Trinajstić information content (AvgIpc) is 3.13. The number of rotatable bonds is 13. The number of fused-ring (bicyclic) bond motifs is 1. The summed E-state index contributed by atoms with van der Waals surface area (Å²) in [7, 11) is 0. The molecular formula is C37H40F9N5O5. The number of aromatic nitrogens is 2. The molecule has 2 atom stereocenters. The van der Waals surface area contributed by atoms with Gasteiger partial charge in [0.05, 0.1) is 65.8 Å². The molecule has 2 N–H and O–H groups in total. The third-order valence-corrected chi connectivity index (χ3v) is 9.56. The van der Waals surface area contributed by atoms with Crippen LogP contribution in [-0.4, -0.2) is 66.1 Å². The molecule has 2 aliphatic rings. The number of carbonyl (C=O) groups is 2. The highest BCUT2D eigenvalue weighted by molar-refractivity contribution is 5.90. The van der Waals surface area contributed by atoms with Crippen molar-refractivity contribution in [3.8, 4) is 0 Å². The van der Waals surface area contributed by atoms with Crippen LogP contribution >= 0.6 is 0 Å². The van der Waals surface area contributed by atoms with Crippen LogP contribution in [-0.2, 0) is 39.2 Å². The van der Waals surface area contributed by atoms with Crippen LogP contribution < -0.4 is 15.1 Å². The molecule has 1 aromatic heterocycles. The summed E-state index contributed by atoms with van der Waals surface area (Å²) in [5.41, 5.74) is -3.73. The van der Waals surface area contributed by atoms with Crippen LogP contribution in [0.5, 0.6) is 0 Å². The highest BCUT2D eigenvalue weighted by Gasteiger charge is 2.40. The highest BCUT2D eigenvalue weighted by atomic mass is 19.4. The number of hydrogen-bond donors (Lipinski definition) is 2. The van der Waals surface area contributed by atoms with Gasteiger partial charge >= 0.3 is 30.6 Å². The Morgan fingerprint density at radius 3 is 2.12 bits per heavy atom. The van der Waals surface area contributed by atoms with Crippen LogP contribution in [0.3, 0.4) is 0 Å². The summed E-state index contributed by atoms with van der Waals surface area (Å²) < 4.78 is 135. The third-order valence-electron chi connectivity index (χ3n) is 9.56. The SMILES string of the molecule is CC[C@@H]1C[C@H](Nc2ncc(N3CCOCC3)c(Cc3cc(C(F)(F)F)cc(C(F)(F)F)c3)n2)c2cc(C(F)(F)F)ccc2N1C(=O)OCCCCCCC(=O)O. The highest BCUT2D eigenvalue weighted by Crippen LogP contribution is 2.43. The number of nitrogens with zero attached hydrogens (tertiary/aromatic N) is 4. The summed E-state index contributed by atoms with van der Waals surface area (Å²) in [4.78, 5) is 36.1. The number of carboxylic acids is 1. The van der Waals surface area contributed by atoms with E-state index in [0.717, 1.165) is 12.1 Å². The molecule has 0 unspecified atom stereocenters. The molecule has 0 saturated carbocycles. The van der Waals surface area contributed by atoms with Crippen molar-refractivity contribution in [1.82, 2.24) is 9.97 Å². The van der Waals surface area contributed by atoms with Gasteiger partial charge in [0.2, 0.25) is 5.95 Å². The van der Waals surface area contributed by atoms with Gasteiger partial charge in [-0.3, -0.25) is 9.69 Å². The zero-order valence-electron chi connectivity index (χ0n) is 30.2. The molecule has 3 heterocycles. The van der Waals surface area contributed by atoms with Crippen LogP contribution in [0.2, 0.25) is 0 Å². The molecule has 0 spiro atoms. The predicted octanol–water partition coefficient (Wildman–Crippen LogP) is 9.27. The van der Waals surface area contributed by atoms with E-state index < -0.39 is 65.8 Å². The van der Waals surface area contributed by atoms with Crippen molar-refractivity contribution in [3.05, 3.63) is 76.1 Å². The fourth-order valence-electron chi connectivity index (χ4n) is 6.77. The summed E-state index contributed by atoms with van der Waals surface area (Å²) in [5, 5.41) is 11.8. The lowest BCUT2D eigenvalue weighted by atomic mass is 9.89. The number of halogens is 9. The topological polar surface area (TPSA) is 117 Å². The molecule has 0 bridgehead atoms.